The first-order valence-electron chi connectivity index (χ1n) is 4.78. The third-order valence-electron chi connectivity index (χ3n) is 1.81. The molecule has 0 aromatic carbocycles. The Balaban J connectivity index is 0. The Hall–Kier alpha value is 0.467. The van der Waals surface area contributed by atoms with Crippen LogP contribution in [0, 0.1) is 0 Å². The van der Waals surface area contributed by atoms with Crippen LogP contribution < -0.4 is 4.72 Å². The van der Waals surface area contributed by atoms with E-state index in [1.165, 1.54) is 19.3 Å². The molecule has 0 aliphatic rings. The van der Waals surface area contributed by atoms with Crippen LogP contribution in [-0.4, -0.2) is 38.4 Å². The van der Waals surface area contributed by atoms with E-state index in [2.05, 4.69) is 6.92 Å². The van der Waals surface area contributed by atoms with Gasteiger partial charge >= 0.3 is 29.2 Å². The monoisotopic (exact) mass is 217 g/mol. The first-order chi connectivity index (χ1) is 6.06. The van der Waals surface area contributed by atoms with Gasteiger partial charge in [0.25, 0.3) is 0 Å². The van der Waals surface area contributed by atoms with Crippen molar-refractivity contribution >= 4 is 29.2 Å². The molecule has 0 aliphatic carbocycles. The summed E-state index contributed by atoms with van der Waals surface area (Å²) in [6.07, 6.45) is 6.62. The van der Waals surface area contributed by atoms with Crippen LogP contribution in [0.4, 0.5) is 0 Å². The maximum absolute atomic E-state index is 10.2. The van der Waals surface area contributed by atoms with Crippen molar-refractivity contribution in [1.82, 2.24) is 4.72 Å². The van der Waals surface area contributed by atoms with Crippen molar-refractivity contribution in [1.29, 1.82) is 0 Å². The Kier molecular flexibility index (Phi) is 12.1. The fourth-order valence-electron chi connectivity index (χ4n) is 1.11. The van der Waals surface area contributed by atoms with Crippen LogP contribution in [0.1, 0.15) is 45.4 Å². The summed E-state index contributed by atoms with van der Waals surface area (Å²) >= 11 is 0. The predicted octanol–water partition coefficient (Wildman–Crippen LogP) is 1.09. The Bertz CT molecular complexity index is 207. The second-order valence-electron chi connectivity index (χ2n) is 3.14. The number of nitrogens with one attached hydrogen (secondary N) is 1. The minimum absolute atomic E-state index is 0. The fraction of sp³-hybridized carbons (Fsp3) is 1.00. The predicted molar refractivity (Wildman–Crippen MR) is 60.1 cm³/mol. The SMILES string of the molecule is CCCCCCCCNS(=O)(=O)O.[LiH]. The third-order valence-corrected chi connectivity index (χ3v) is 2.38. The summed E-state index contributed by atoms with van der Waals surface area (Å²) in [5.74, 6) is 0. The zero-order valence-corrected chi connectivity index (χ0v) is 8.94. The van der Waals surface area contributed by atoms with Crippen molar-refractivity contribution in [3.05, 3.63) is 0 Å². The van der Waals surface area contributed by atoms with Gasteiger partial charge in [0, 0.05) is 6.54 Å². The summed E-state index contributed by atoms with van der Waals surface area (Å²) in [7, 11) is -3.97. The Morgan fingerprint density at radius 3 is 2.07 bits per heavy atom. The molecule has 0 bridgehead atoms. The number of hydrogen-bond acceptors (Lipinski definition) is 2. The van der Waals surface area contributed by atoms with Crippen LogP contribution in [0.3, 0.4) is 0 Å². The van der Waals surface area contributed by atoms with Gasteiger partial charge in [0.2, 0.25) is 0 Å². The van der Waals surface area contributed by atoms with E-state index in [1.807, 2.05) is 4.72 Å². The van der Waals surface area contributed by atoms with E-state index >= 15 is 0 Å². The molecule has 4 nitrogen and oxygen atoms in total. The molecule has 0 rings (SSSR count). The molecule has 0 unspecified atom stereocenters. The van der Waals surface area contributed by atoms with Crippen LogP contribution in [0.2, 0.25) is 0 Å². The van der Waals surface area contributed by atoms with Gasteiger partial charge in [-0.25, -0.2) is 0 Å². The number of rotatable bonds is 8. The fourth-order valence-corrected chi connectivity index (χ4v) is 1.51. The van der Waals surface area contributed by atoms with Gasteiger partial charge in [0.15, 0.2) is 0 Å². The molecular formula is C8H20LiNO3S. The summed E-state index contributed by atoms with van der Waals surface area (Å²) < 4.78 is 30.8. The van der Waals surface area contributed by atoms with E-state index in [9.17, 15) is 8.42 Å². The second-order valence-corrected chi connectivity index (χ2v) is 4.38. The first-order valence-corrected chi connectivity index (χ1v) is 6.22. The van der Waals surface area contributed by atoms with Gasteiger partial charge in [-0.1, -0.05) is 39.0 Å². The zero-order valence-electron chi connectivity index (χ0n) is 8.12. The normalized spacial score (nSPS) is 11.0. The molecule has 0 atom stereocenters. The van der Waals surface area contributed by atoms with E-state index in [4.69, 9.17) is 4.55 Å². The second kappa shape index (κ2) is 10.0. The van der Waals surface area contributed by atoms with Crippen molar-refractivity contribution in [3.8, 4) is 0 Å². The Morgan fingerprint density at radius 2 is 1.57 bits per heavy atom. The van der Waals surface area contributed by atoms with Gasteiger partial charge in [-0.15, -0.1) is 0 Å². The summed E-state index contributed by atoms with van der Waals surface area (Å²) in [6, 6.07) is 0. The molecule has 0 radical (unpaired) electrons. The molecule has 0 fully saturated rings. The first kappa shape index (κ1) is 16.9. The van der Waals surface area contributed by atoms with E-state index in [1.54, 1.807) is 0 Å². The molecule has 6 heteroatoms. The van der Waals surface area contributed by atoms with Crippen molar-refractivity contribution in [2.75, 3.05) is 6.54 Å². The molecule has 0 spiro atoms. The van der Waals surface area contributed by atoms with Crippen molar-refractivity contribution in [3.63, 3.8) is 0 Å². The zero-order chi connectivity index (χ0) is 10.2. The van der Waals surface area contributed by atoms with Gasteiger partial charge in [0.1, 0.15) is 0 Å². The van der Waals surface area contributed by atoms with Crippen molar-refractivity contribution < 1.29 is 13.0 Å². The number of hydrogen-bond donors (Lipinski definition) is 2. The van der Waals surface area contributed by atoms with E-state index in [-0.39, 0.29) is 18.9 Å². The van der Waals surface area contributed by atoms with Gasteiger partial charge in [0.05, 0.1) is 0 Å². The molecule has 0 saturated carbocycles. The van der Waals surface area contributed by atoms with Crippen LogP contribution in [0.5, 0.6) is 0 Å². The molecule has 0 saturated heterocycles. The summed E-state index contributed by atoms with van der Waals surface area (Å²) in [5.41, 5.74) is 0. The van der Waals surface area contributed by atoms with Crippen molar-refractivity contribution in [2.24, 2.45) is 0 Å². The van der Waals surface area contributed by atoms with E-state index in [0.29, 0.717) is 6.54 Å². The molecule has 0 aromatic heterocycles. The molecule has 0 amide bonds. The molecule has 14 heavy (non-hydrogen) atoms. The van der Waals surface area contributed by atoms with Gasteiger partial charge in [-0.05, 0) is 6.42 Å². The average molecular weight is 217 g/mol. The van der Waals surface area contributed by atoms with Gasteiger partial charge in [-0.3, -0.25) is 4.55 Å². The van der Waals surface area contributed by atoms with Crippen LogP contribution in [0.25, 0.3) is 0 Å². The van der Waals surface area contributed by atoms with Gasteiger partial charge < -0.3 is 0 Å². The number of unbranched alkanes of at least 4 members (excludes halogenated alkanes) is 5. The summed E-state index contributed by atoms with van der Waals surface area (Å²) in [6.45, 7) is 2.49. The van der Waals surface area contributed by atoms with Crippen LogP contribution in [0.15, 0.2) is 0 Å². The van der Waals surface area contributed by atoms with Crippen LogP contribution in [-0.2, 0) is 10.3 Å². The topological polar surface area (TPSA) is 66.4 Å². The molecule has 0 heterocycles. The van der Waals surface area contributed by atoms with Gasteiger partial charge in [-0.2, -0.15) is 13.1 Å². The summed E-state index contributed by atoms with van der Waals surface area (Å²) in [4.78, 5) is 0. The Morgan fingerprint density at radius 1 is 1.07 bits per heavy atom. The Labute approximate surface area is 98.9 Å². The molecule has 82 valence electrons. The maximum atomic E-state index is 10.2. The minimum atomic E-state index is -3.97. The third kappa shape index (κ3) is 15.0. The van der Waals surface area contributed by atoms with E-state index < -0.39 is 10.3 Å². The average Bonchev–Trinajstić information content (AvgIpc) is 2.01. The molecule has 0 aliphatic heterocycles. The standard InChI is InChI=1S/C8H19NO3S.Li.H/c1-2-3-4-5-6-7-8-9-13(10,11)12;;/h9H,2-8H2,1H3,(H,10,11,12);;. The molecule has 0 aromatic rings. The molecule has 2 N–H and O–H groups in total. The quantitative estimate of drug-likeness (QED) is 0.363. The summed E-state index contributed by atoms with van der Waals surface area (Å²) in [5, 5.41) is 0. The van der Waals surface area contributed by atoms with E-state index in [0.717, 1.165) is 19.3 Å². The molecular weight excluding hydrogens is 197 g/mol. The van der Waals surface area contributed by atoms with Crippen molar-refractivity contribution in [2.45, 2.75) is 45.4 Å². The van der Waals surface area contributed by atoms with Crippen LogP contribution >= 0.6 is 0 Å².